The van der Waals surface area contributed by atoms with Gasteiger partial charge < -0.3 is 15.4 Å². The Bertz CT molecular complexity index is 383. The molecule has 0 aromatic carbocycles. The van der Waals surface area contributed by atoms with Crippen molar-refractivity contribution in [3.05, 3.63) is 15.3 Å². The summed E-state index contributed by atoms with van der Waals surface area (Å²) < 4.78 is 0.660. The van der Waals surface area contributed by atoms with E-state index in [4.69, 9.17) is 5.73 Å². The molecule has 12 heavy (non-hydrogen) atoms. The molecular formula is C5H5N4O3-. The van der Waals surface area contributed by atoms with Crippen molar-refractivity contribution in [2.75, 3.05) is 5.73 Å². The van der Waals surface area contributed by atoms with Crippen LogP contribution >= 0.6 is 0 Å². The fraction of sp³-hybridized carbons (Fsp3) is 0.200. The van der Waals surface area contributed by atoms with Crippen LogP contribution in [0, 0.1) is 4.91 Å². The SMILES string of the molecule is Cn1c([O-])nc(N)c(N=O)c1=O. The Morgan fingerprint density at radius 2 is 2.25 bits per heavy atom. The minimum Gasteiger partial charge on any atom is -0.846 e. The van der Waals surface area contributed by atoms with Crippen LogP contribution in [0.15, 0.2) is 9.97 Å². The van der Waals surface area contributed by atoms with Crippen LogP contribution in [0.2, 0.25) is 0 Å². The predicted octanol–water partition coefficient (Wildman–Crippen LogP) is -1.17. The first-order valence-corrected chi connectivity index (χ1v) is 2.94. The summed E-state index contributed by atoms with van der Waals surface area (Å²) in [5.41, 5.74) is 3.72. The number of nitrogens with zero attached hydrogens (tertiary/aromatic N) is 3. The number of aromatic nitrogens is 2. The van der Waals surface area contributed by atoms with E-state index in [1.54, 1.807) is 0 Å². The molecular weight excluding hydrogens is 164 g/mol. The second-order valence-electron chi connectivity index (χ2n) is 2.08. The number of rotatable bonds is 1. The lowest BCUT2D eigenvalue weighted by Crippen LogP contribution is -2.22. The maximum absolute atomic E-state index is 11.0. The van der Waals surface area contributed by atoms with Gasteiger partial charge in [-0.3, -0.25) is 4.79 Å². The zero-order valence-electron chi connectivity index (χ0n) is 6.14. The molecule has 0 aliphatic rings. The Morgan fingerprint density at radius 3 is 2.75 bits per heavy atom. The molecule has 7 heteroatoms. The van der Waals surface area contributed by atoms with Crippen LogP contribution in [0.5, 0.6) is 6.01 Å². The summed E-state index contributed by atoms with van der Waals surface area (Å²) in [4.78, 5) is 24.2. The molecule has 0 saturated carbocycles. The molecule has 0 radical (unpaired) electrons. The standard InChI is InChI=1S/C5H6N4O3/c1-9-4(10)2(8-12)3(6)7-5(9)11/h6H2,1H3,(H,7,11)/p-1. The molecule has 0 aliphatic carbocycles. The summed E-state index contributed by atoms with van der Waals surface area (Å²) in [6, 6.07) is -0.801. The topological polar surface area (TPSA) is 113 Å². The fourth-order valence-electron chi connectivity index (χ4n) is 0.672. The van der Waals surface area contributed by atoms with Gasteiger partial charge in [0.15, 0.2) is 5.82 Å². The van der Waals surface area contributed by atoms with E-state index >= 15 is 0 Å². The summed E-state index contributed by atoms with van der Waals surface area (Å²) in [7, 11) is 1.19. The molecule has 0 spiro atoms. The first kappa shape index (κ1) is 8.18. The third-order valence-electron chi connectivity index (χ3n) is 1.34. The number of nitroso groups, excluding NO2 is 1. The van der Waals surface area contributed by atoms with Gasteiger partial charge in [-0.1, -0.05) is 0 Å². The van der Waals surface area contributed by atoms with Crippen LogP contribution in [0.1, 0.15) is 0 Å². The second kappa shape index (κ2) is 2.61. The third kappa shape index (κ3) is 1.00. The van der Waals surface area contributed by atoms with Crippen molar-refractivity contribution in [1.82, 2.24) is 9.55 Å². The van der Waals surface area contributed by atoms with Crippen molar-refractivity contribution in [1.29, 1.82) is 0 Å². The van der Waals surface area contributed by atoms with E-state index in [1.165, 1.54) is 7.05 Å². The van der Waals surface area contributed by atoms with Crippen LogP contribution in [-0.2, 0) is 7.05 Å². The van der Waals surface area contributed by atoms with Crippen LogP contribution in [0.4, 0.5) is 11.5 Å². The smallest absolute Gasteiger partial charge is 0.284 e. The highest BCUT2D eigenvalue weighted by molar-refractivity contribution is 5.55. The summed E-state index contributed by atoms with van der Waals surface area (Å²) in [5.74, 6) is -0.432. The molecule has 64 valence electrons. The Labute approximate surface area is 66.4 Å². The first-order valence-electron chi connectivity index (χ1n) is 2.94. The zero-order chi connectivity index (χ0) is 9.30. The first-order chi connectivity index (χ1) is 5.57. The quantitative estimate of drug-likeness (QED) is 0.532. The molecule has 7 nitrogen and oxygen atoms in total. The van der Waals surface area contributed by atoms with Gasteiger partial charge in [0, 0.05) is 7.05 Å². The molecule has 0 fully saturated rings. The number of hydrogen-bond donors (Lipinski definition) is 1. The minimum atomic E-state index is -0.831. The number of nitrogens with two attached hydrogens (primary N) is 1. The van der Waals surface area contributed by atoms with Crippen LogP contribution in [-0.4, -0.2) is 9.55 Å². The van der Waals surface area contributed by atoms with Crippen molar-refractivity contribution in [2.24, 2.45) is 12.2 Å². The van der Waals surface area contributed by atoms with E-state index in [0.29, 0.717) is 4.57 Å². The zero-order valence-corrected chi connectivity index (χ0v) is 6.14. The second-order valence-corrected chi connectivity index (χ2v) is 2.08. The molecule has 0 saturated heterocycles. The summed E-state index contributed by atoms with van der Waals surface area (Å²) in [6.45, 7) is 0. The molecule has 2 N–H and O–H groups in total. The minimum absolute atomic E-state index is 0.432. The lowest BCUT2D eigenvalue weighted by molar-refractivity contribution is -0.286. The van der Waals surface area contributed by atoms with Gasteiger partial charge in [-0.2, -0.15) is 0 Å². The molecule has 1 heterocycles. The van der Waals surface area contributed by atoms with Gasteiger partial charge in [0.05, 0.1) is 6.01 Å². The largest absolute Gasteiger partial charge is 0.846 e. The maximum Gasteiger partial charge on any atom is 0.284 e. The van der Waals surface area contributed by atoms with Crippen molar-refractivity contribution in [2.45, 2.75) is 0 Å². The maximum atomic E-state index is 11.0. The Hall–Kier alpha value is -1.92. The molecule has 0 bridgehead atoms. The van der Waals surface area contributed by atoms with Gasteiger partial charge in [0.1, 0.15) is 0 Å². The Morgan fingerprint density at radius 1 is 1.67 bits per heavy atom. The predicted molar refractivity (Wildman–Crippen MR) is 38.8 cm³/mol. The normalized spacial score (nSPS) is 9.75. The van der Waals surface area contributed by atoms with E-state index in [2.05, 4.69) is 10.2 Å². The van der Waals surface area contributed by atoms with Crippen LogP contribution in [0.25, 0.3) is 0 Å². The fourth-order valence-corrected chi connectivity index (χ4v) is 0.672. The van der Waals surface area contributed by atoms with Crippen molar-refractivity contribution in [3.63, 3.8) is 0 Å². The molecule has 1 aromatic rings. The third-order valence-corrected chi connectivity index (χ3v) is 1.34. The monoisotopic (exact) mass is 169 g/mol. The lowest BCUT2D eigenvalue weighted by Gasteiger charge is -2.10. The van der Waals surface area contributed by atoms with E-state index in [-0.39, 0.29) is 0 Å². The number of anilines is 1. The van der Waals surface area contributed by atoms with Crippen LogP contribution < -0.4 is 16.4 Å². The molecule has 1 aromatic heterocycles. The lowest BCUT2D eigenvalue weighted by atomic mass is 10.5. The Kier molecular flexibility index (Phi) is 1.78. The van der Waals surface area contributed by atoms with E-state index < -0.39 is 23.1 Å². The van der Waals surface area contributed by atoms with Crippen LogP contribution in [0.3, 0.4) is 0 Å². The Balaban J connectivity index is 3.63. The summed E-state index contributed by atoms with van der Waals surface area (Å²) in [6.07, 6.45) is 0. The van der Waals surface area contributed by atoms with Crippen molar-refractivity contribution in [3.8, 4) is 6.01 Å². The molecule has 0 unspecified atom stereocenters. The van der Waals surface area contributed by atoms with E-state index in [1.807, 2.05) is 0 Å². The molecule has 0 atom stereocenters. The van der Waals surface area contributed by atoms with E-state index in [9.17, 15) is 14.8 Å². The summed E-state index contributed by atoms with van der Waals surface area (Å²) >= 11 is 0. The van der Waals surface area contributed by atoms with Gasteiger partial charge in [0.2, 0.25) is 5.69 Å². The average Bonchev–Trinajstić information content (AvgIpc) is 2.01. The van der Waals surface area contributed by atoms with Crippen molar-refractivity contribution >= 4 is 11.5 Å². The number of nitrogen functional groups attached to an aromatic ring is 1. The number of hydrogen-bond acceptors (Lipinski definition) is 6. The highest BCUT2D eigenvalue weighted by atomic mass is 16.3. The highest BCUT2D eigenvalue weighted by Gasteiger charge is 2.08. The van der Waals surface area contributed by atoms with Gasteiger partial charge in [-0.05, 0) is 5.18 Å². The summed E-state index contributed by atoms with van der Waals surface area (Å²) in [5, 5.41) is 13.1. The molecule has 1 rings (SSSR count). The molecule has 0 aliphatic heterocycles. The van der Waals surface area contributed by atoms with E-state index in [0.717, 1.165) is 0 Å². The average molecular weight is 169 g/mol. The molecule has 0 amide bonds. The van der Waals surface area contributed by atoms with Gasteiger partial charge in [-0.15, -0.1) is 4.91 Å². The van der Waals surface area contributed by atoms with Gasteiger partial charge in [-0.25, -0.2) is 4.98 Å². The van der Waals surface area contributed by atoms with Gasteiger partial charge >= 0.3 is 0 Å². The highest BCUT2D eigenvalue weighted by Crippen LogP contribution is 2.13. The van der Waals surface area contributed by atoms with Crippen molar-refractivity contribution < 1.29 is 5.11 Å². The van der Waals surface area contributed by atoms with Gasteiger partial charge in [0.25, 0.3) is 5.56 Å².